The minimum Gasteiger partial charge on any atom is -0.485 e. The molecule has 2 amide bonds. The molecule has 1 aliphatic carbocycles. The van der Waals surface area contributed by atoms with E-state index in [1.54, 1.807) is 0 Å². The molecule has 6 heteroatoms. The average molecular weight is 437 g/mol. The molecule has 1 atom stereocenters. The number of fused-ring (bicyclic) bond motifs is 3. The summed E-state index contributed by atoms with van der Waals surface area (Å²) in [7, 11) is 0. The van der Waals surface area contributed by atoms with E-state index in [2.05, 4.69) is 23.5 Å². The van der Waals surface area contributed by atoms with Crippen molar-refractivity contribution in [3.63, 3.8) is 0 Å². The number of carbonyl (C=O) groups excluding carboxylic acids is 2. The Bertz CT molecular complexity index is 978. The molecule has 2 aliphatic heterocycles. The first kappa shape index (κ1) is 21.3. The Kier molecular flexibility index (Phi) is 6.05. The highest BCUT2D eigenvalue weighted by Crippen LogP contribution is 2.47. The lowest BCUT2D eigenvalue weighted by Crippen LogP contribution is -2.47. The topological polar surface area (TPSA) is 67.9 Å². The third-order valence-electron chi connectivity index (χ3n) is 7.23. The van der Waals surface area contributed by atoms with Crippen LogP contribution in [0.25, 0.3) is 10.8 Å². The van der Waals surface area contributed by atoms with Gasteiger partial charge in [-0.3, -0.25) is 14.5 Å². The van der Waals surface area contributed by atoms with Crippen molar-refractivity contribution < 1.29 is 19.1 Å². The SMILES string of the molecule is O=C1CC2(CCCC2)CC(=O)N1CCCCNCC1COc2c(ccc3ccccc23)O1. The zero-order valence-corrected chi connectivity index (χ0v) is 18.6. The lowest BCUT2D eigenvalue weighted by Gasteiger charge is -2.37. The third kappa shape index (κ3) is 4.33. The van der Waals surface area contributed by atoms with E-state index in [1.165, 1.54) is 4.90 Å². The van der Waals surface area contributed by atoms with Gasteiger partial charge in [-0.15, -0.1) is 0 Å². The van der Waals surface area contributed by atoms with E-state index in [1.807, 2.05) is 18.2 Å². The Hall–Kier alpha value is -2.60. The molecule has 1 spiro atoms. The molecule has 32 heavy (non-hydrogen) atoms. The highest BCUT2D eigenvalue weighted by atomic mass is 16.6. The predicted octanol–water partition coefficient (Wildman–Crippen LogP) is 4.06. The van der Waals surface area contributed by atoms with Gasteiger partial charge in [-0.1, -0.05) is 43.2 Å². The molecule has 0 aromatic heterocycles. The zero-order chi connectivity index (χ0) is 22.0. The molecule has 2 aromatic rings. The van der Waals surface area contributed by atoms with E-state index in [-0.39, 0.29) is 23.3 Å². The van der Waals surface area contributed by atoms with Crippen molar-refractivity contribution in [2.24, 2.45) is 5.41 Å². The molecular formula is C26H32N2O4. The van der Waals surface area contributed by atoms with Crippen LogP contribution in [0, 0.1) is 5.41 Å². The van der Waals surface area contributed by atoms with Gasteiger partial charge in [0.1, 0.15) is 12.7 Å². The minimum absolute atomic E-state index is 0.0147. The molecule has 2 aromatic carbocycles. The Morgan fingerprint density at radius 2 is 1.78 bits per heavy atom. The number of unbranched alkanes of at least 4 members (excludes halogenated alkanes) is 1. The van der Waals surface area contributed by atoms with Gasteiger partial charge in [0, 0.05) is 31.3 Å². The van der Waals surface area contributed by atoms with Gasteiger partial charge in [-0.2, -0.15) is 0 Å². The molecule has 2 fully saturated rings. The molecule has 2 heterocycles. The summed E-state index contributed by atoms with van der Waals surface area (Å²) >= 11 is 0. The van der Waals surface area contributed by atoms with Gasteiger partial charge < -0.3 is 14.8 Å². The molecule has 1 saturated heterocycles. The van der Waals surface area contributed by atoms with Crippen molar-refractivity contribution in [2.45, 2.75) is 57.5 Å². The van der Waals surface area contributed by atoms with Crippen molar-refractivity contribution in [3.8, 4) is 11.5 Å². The Morgan fingerprint density at radius 3 is 2.59 bits per heavy atom. The number of piperidine rings is 1. The Labute approximate surface area is 189 Å². The number of rotatable bonds is 7. The lowest BCUT2D eigenvalue weighted by molar-refractivity contribution is -0.153. The third-order valence-corrected chi connectivity index (χ3v) is 7.23. The fourth-order valence-electron chi connectivity index (χ4n) is 5.50. The molecule has 0 bridgehead atoms. The number of imide groups is 1. The lowest BCUT2D eigenvalue weighted by atomic mass is 9.76. The van der Waals surface area contributed by atoms with Crippen LogP contribution >= 0.6 is 0 Å². The summed E-state index contributed by atoms with van der Waals surface area (Å²) in [6.07, 6.45) is 7.22. The summed E-state index contributed by atoms with van der Waals surface area (Å²) in [4.78, 5) is 26.6. The van der Waals surface area contributed by atoms with Gasteiger partial charge in [0.05, 0.1) is 0 Å². The van der Waals surface area contributed by atoms with Crippen molar-refractivity contribution in [2.75, 3.05) is 26.2 Å². The number of hydrogen-bond donors (Lipinski definition) is 1. The highest BCUT2D eigenvalue weighted by molar-refractivity contribution is 5.98. The maximum atomic E-state index is 12.5. The van der Waals surface area contributed by atoms with Crippen LogP contribution in [-0.2, 0) is 9.59 Å². The second kappa shape index (κ2) is 9.10. The minimum atomic E-state index is -0.0310. The zero-order valence-electron chi connectivity index (χ0n) is 18.6. The van der Waals surface area contributed by atoms with E-state index >= 15 is 0 Å². The summed E-state index contributed by atoms with van der Waals surface area (Å²) in [5.74, 6) is 1.70. The Balaban J connectivity index is 1.03. The number of hydrogen-bond acceptors (Lipinski definition) is 5. The van der Waals surface area contributed by atoms with E-state index in [0.29, 0.717) is 32.5 Å². The molecule has 3 aliphatic rings. The van der Waals surface area contributed by atoms with Crippen LogP contribution in [0.5, 0.6) is 11.5 Å². The average Bonchev–Trinajstić information content (AvgIpc) is 3.24. The first-order valence-corrected chi connectivity index (χ1v) is 12.0. The molecule has 1 N–H and O–H groups in total. The van der Waals surface area contributed by atoms with Crippen LogP contribution in [0.15, 0.2) is 36.4 Å². The number of ether oxygens (including phenoxy) is 2. The molecule has 6 nitrogen and oxygen atoms in total. The predicted molar refractivity (Wildman–Crippen MR) is 123 cm³/mol. The van der Waals surface area contributed by atoms with Crippen LogP contribution in [0.3, 0.4) is 0 Å². The van der Waals surface area contributed by atoms with Crippen LogP contribution < -0.4 is 14.8 Å². The highest BCUT2D eigenvalue weighted by Gasteiger charge is 2.44. The van der Waals surface area contributed by atoms with E-state index in [4.69, 9.17) is 9.47 Å². The van der Waals surface area contributed by atoms with Gasteiger partial charge in [-0.25, -0.2) is 0 Å². The van der Waals surface area contributed by atoms with Gasteiger partial charge in [-0.05, 0) is 49.1 Å². The number of carbonyl (C=O) groups is 2. The number of nitrogens with one attached hydrogen (secondary N) is 1. The fraction of sp³-hybridized carbons (Fsp3) is 0.538. The number of likely N-dealkylation sites (tertiary alicyclic amines) is 1. The summed E-state index contributed by atoms with van der Waals surface area (Å²) in [5.41, 5.74) is -0.0147. The monoisotopic (exact) mass is 436 g/mol. The number of amides is 2. The summed E-state index contributed by atoms with van der Waals surface area (Å²) in [6.45, 7) is 2.59. The normalized spacial score (nSPS) is 22.1. The second-order valence-corrected chi connectivity index (χ2v) is 9.58. The standard InChI is InChI=1S/C26H32N2O4/c29-23-15-26(11-3-4-12-26)16-24(30)28(23)14-6-5-13-27-17-20-18-31-25-21-8-2-1-7-19(21)9-10-22(25)32-20/h1-2,7-10,20,27H,3-6,11-18H2. The molecule has 1 saturated carbocycles. The van der Waals surface area contributed by atoms with E-state index in [0.717, 1.165) is 67.3 Å². The molecule has 1 unspecified atom stereocenters. The van der Waals surface area contributed by atoms with Gasteiger partial charge in [0.15, 0.2) is 11.5 Å². The van der Waals surface area contributed by atoms with E-state index < -0.39 is 0 Å². The quantitative estimate of drug-likeness (QED) is 0.524. The number of benzene rings is 2. The van der Waals surface area contributed by atoms with Crippen LogP contribution in [-0.4, -0.2) is 49.1 Å². The second-order valence-electron chi connectivity index (χ2n) is 9.58. The molecule has 0 radical (unpaired) electrons. The maximum absolute atomic E-state index is 12.5. The van der Waals surface area contributed by atoms with Gasteiger partial charge in [0.2, 0.25) is 11.8 Å². The molecular weight excluding hydrogens is 404 g/mol. The van der Waals surface area contributed by atoms with Crippen LogP contribution in [0.1, 0.15) is 51.4 Å². The first-order valence-electron chi connectivity index (χ1n) is 12.0. The summed E-state index contributed by atoms with van der Waals surface area (Å²) < 4.78 is 12.2. The smallest absolute Gasteiger partial charge is 0.229 e. The first-order chi connectivity index (χ1) is 15.6. The van der Waals surface area contributed by atoms with Crippen molar-refractivity contribution in [3.05, 3.63) is 36.4 Å². The van der Waals surface area contributed by atoms with Gasteiger partial charge in [0.25, 0.3) is 0 Å². The summed E-state index contributed by atoms with van der Waals surface area (Å²) in [6, 6.07) is 12.2. The summed E-state index contributed by atoms with van der Waals surface area (Å²) in [5, 5.41) is 5.66. The maximum Gasteiger partial charge on any atom is 0.229 e. The molecule has 170 valence electrons. The van der Waals surface area contributed by atoms with Crippen LogP contribution in [0.2, 0.25) is 0 Å². The van der Waals surface area contributed by atoms with Crippen LogP contribution in [0.4, 0.5) is 0 Å². The van der Waals surface area contributed by atoms with Crippen molar-refractivity contribution >= 4 is 22.6 Å². The van der Waals surface area contributed by atoms with Crippen molar-refractivity contribution in [1.82, 2.24) is 10.2 Å². The van der Waals surface area contributed by atoms with E-state index in [9.17, 15) is 9.59 Å². The number of nitrogens with zero attached hydrogens (tertiary/aromatic N) is 1. The Morgan fingerprint density at radius 1 is 1.00 bits per heavy atom. The van der Waals surface area contributed by atoms with Crippen molar-refractivity contribution in [1.29, 1.82) is 0 Å². The largest absolute Gasteiger partial charge is 0.485 e. The molecule has 5 rings (SSSR count). The van der Waals surface area contributed by atoms with Gasteiger partial charge >= 0.3 is 0 Å². The fourth-order valence-corrected chi connectivity index (χ4v) is 5.50.